The minimum Gasteiger partial charge on any atom is -0.351 e. The molecule has 1 aliphatic carbocycles. The Bertz CT molecular complexity index is 1810. The van der Waals surface area contributed by atoms with Crippen LogP contribution in [0.2, 0.25) is 0 Å². The van der Waals surface area contributed by atoms with Crippen LogP contribution in [-0.2, 0) is 15.8 Å². The molecule has 0 unspecified atom stereocenters. The van der Waals surface area contributed by atoms with Gasteiger partial charge in [0.1, 0.15) is 11.3 Å². The zero-order valence-electron chi connectivity index (χ0n) is 25.6. The van der Waals surface area contributed by atoms with Crippen LogP contribution in [0, 0.1) is 18.6 Å². The molecule has 9 nitrogen and oxygen atoms in total. The smallest absolute Gasteiger partial charge is 0.260 e. The number of rotatable bonds is 9. The average molecular weight is 625 g/mol. The van der Waals surface area contributed by atoms with Gasteiger partial charge in [-0.05, 0) is 89.9 Å². The molecule has 1 aliphatic rings. The van der Waals surface area contributed by atoms with E-state index in [1.165, 1.54) is 10.6 Å². The Kier molecular flexibility index (Phi) is 9.03. The lowest BCUT2D eigenvalue weighted by atomic mass is 9.91. The van der Waals surface area contributed by atoms with Crippen LogP contribution in [0.15, 0.2) is 53.5 Å². The summed E-state index contributed by atoms with van der Waals surface area (Å²) in [6, 6.07) is 10.7. The zero-order chi connectivity index (χ0) is 31.8. The lowest BCUT2D eigenvalue weighted by Crippen LogP contribution is -2.36. The third kappa shape index (κ3) is 6.91. The summed E-state index contributed by atoms with van der Waals surface area (Å²) >= 11 is 0. The summed E-state index contributed by atoms with van der Waals surface area (Å²) in [5.41, 5.74) is 0.586. The van der Waals surface area contributed by atoms with E-state index in [1.807, 2.05) is 25.5 Å². The third-order valence-corrected chi connectivity index (χ3v) is 9.37. The van der Waals surface area contributed by atoms with Gasteiger partial charge < -0.3 is 10.2 Å². The topological polar surface area (TPSA) is 109 Å². The number of fused-ring (bicyclic) bond motifs is 1. The molecule has 1 saturated carbocycles. The molecule has 44 heavy (non-hydrogen) atoms. The number of pyridine rings is 1. The molecule has 0 spiro atoms. The van der Waals surface area contributed by atoms with E-state index >= 15 is 8.78 Å². The minimum atomic E-state index is -4.12. The lowest BCUT2D eigenvalue weighted by molar-refractivity contribution is 0.221. The summed E-state index contributed by atoms with van der Waals surface area (Å²) in [6.07, 6.45) is 5.69. The third-order valence-electron chi connectivity index (χ3n) is 8.14. The van der Waals surface area contributed by atoms with Crippen molar-refractivity contribution in [2.75, 3.05) is 24.1 Å². The summed E-state index contributed by atoms with van der Waals surface area (Å²) < 4.78 is 59.4. The first-order valence-electron chi connectivity index (χ1n) is 14.7. The van der Waals surface area contributed by atoms with Crippen LogP contribution in [0.1, 0.15) is 56.7 Å². The average Bonchev–Trinajstić information content (AvgIpc) is 2.95. The van der Waals surface area contributed by atoms with Gasteiger partial charge in [0.2, 0.25) is 16.0 Å². The molecule has 2 N–H and O–H groups in total. The number of nitrogens with zero attached hydrogens (tertiary/aromatic N) is 4. The van der Waals surface area contributed by atoms with E-state index in [9.17, 15) is 13.2 Å². The molecule has 4 aromatic rings. The van der Waals surface area contributed by atoms with Crippen molar-refractivity contribution in [1.82, 2.24) is 19.4 Å². The van der Waals surface area contributed by atoms with Crippen LogP contribution < -0.4 is 15.6 Å². The number of halogens is 2. The molecule has 0 atom stereocenters. The second kappa shape index (κ2) is 12.6. The molecular weight excluding hydrogens is 586 g/mol. The van der Waals surface area contributed by atoms with Crippen molar-refractivity contribution >= 4 is 32.7 Å². The lowest BCUT2D eigenvalue weighted by Gasteiger charge is -2.33. The standard InChI is InChI=1S/C32H38F2N6O3S/c1-19(2)40-30-23(17-35-32(37-30)36-24-10-12-25(13-11-24)39(4)5)14-26(31(40)41)22-15-27(33)29(28(34)16-22)38-44(42,43)18-21-8-6-20(3)7-9-21/h6-9,14-17,19,24-25,38H,10-13,18H2,1-5H3,(H,35,36,37)/t24-,25-. The predicted octanol–water partition coefficient (Wildman–Crippen LogP) is 5.85. The van der Waals surface area contributed by atoms with Crippen molar-refractivity contribution in [2.45, 2.75) is 70.3 Å². The summed E-state index contributed by atoms with van der Waals surface area (Å²) in [5, 5.41) is 3.94. The summed E-state index contributed by atoms with van der Waals surface area (Å²) in [6.45, 7) is 5.53. The Labute approximate surface area is 256 Å². The molecule has 234 valence electrons. The Hall–Kier alpha value is -3.90. The molecule has 0 amide bonds. The molecule has 0 aliphatic heterocycles. The maximum absolute atomic E-state index is 15.3. The normalized spacial score (nSPS) is 17.4. The fraction of sp³-hybridized carbons (Fsp3) is 0.406. The van der Waals surface area contributed by atoms with Gasteiger partial charge in [0.25, 0.3) is 5.56 Å². The first kappa shape index (κ1) is 31.5. The quantitative estimate of drug-likeness (QED) is 0.240. The molecule has 2 heterocycles. The number of benzene rings is 2. The van der Waals surface area contributed by atoms with Gasteiger partial charge in [-0.3, -0.25) is 14.1 Å². The summed E-state index contributed by atoms with van der Waals surface area (Å²) in [4.78, 5) is 25.1. The number of aromatic nitrogens is 3. The highest BCUT2D eigenvalue weighted by molar-refractivity contribution is 7.91. The van der Waals surface area contributed by atoms with Crippen LogP contribution in [0.4, 0.5) is 20.4 Å². The van der Waals surface area contributed by atoms with Crippen LogP contribution in [-0.4, -0.2) is 54.0 Å². The zero-order valence-corrected chi connectivity index (χ0v) is 26.4. The Morgan fingerprint density at radius 2 is 1.66 bits per heavy atom. The van der Waals surface area contributed by atoms with Crippen molar-refractivity contribution in [2.24, 2.45) is 0 Å². The highest BCUT2D eigenvalue weighted by Crippen LogP contribution is 2.30. The van der Waals surface area contributed by atoms with E-state index in [0.717, 1.165) is 43.4 Å². The van der Waals surface area contributed by atoms with Crippen molar-refractivity contribution in [1.29, 1.82) is 0 Å². The molecule has 0 bridgehead atoms. The number of hydrogen-bond donors (Lipinski definition) is 2. The number of aryl methyl sites for hydroxylation is 1. The Morgan fingerprint density at radius 3 is 2.25 bits per heavy atom. The van der Waals surface area contributed by atoms with E-state index in [1.54, 1.807) is 30.5 Å². The first-order chi connectivity index (χ1) is 20.8. The molecule has 0 saturated heterocycles. The number of sulfonamides is 1. The largest absolute Gasteiger partial charge is 0.351 e. The summed E-state index contributed by atoms with van der Waals surface area (Å²) in [7, 11) is 0.0676. The van der Waals surface area contributed by atoms with E-state index in [2.05, 4.69) is 34.3 Å². The number of nitrogens with one attached hydrogen (secondary N) is 2. The molecule has 2 aromatic heterocycles. The Balaban J connectivity index is 1.43. The minimum absolute atomic E-state index is 0.0253. The fourth-order valence-corrected chi connectivity index (χ4v) is 6.93. The van der Waals surface area contributed by atoms with E-state index in [0.29, 0.717) is 28.6 Å². The highest BCUT2D eigenvalue weighted by Gasteiger charge is 2.24. The number of anilines is 2. The second-order valence-electron chi connectivity index (χ2n) is 12.1. The van der Waals surface area contributed by atoms with Crippen LogP contribution in [0.5, 0.6) is 0 Å². The van der Waals surface area contributed by atoms with Gasteiger partial charge in [0.05, 0.1) is 5.75 Å². The molecule has 2 aromatic carbocycles. The van der Waals surface area contributed by atoms with Gasteiger partial charge in [-0.15, -0.1) is 0 Å². The molecule has 12 heteroatoms. The molecular formula is C32H38F2N6O3S. The fourth-order valence-electron chi connectivity index (χ4n) is 5.72. The van der Waals surface area contributed by atoms with Crippen LogP contribution in [0.3, 0.4) is 0 Å². The van der Waals surface area contributed by atoms with Gasteiger partial charge in [-0.1, -0.05) is 29.8 Å². The number of hydrogen-bond acceptors (Lipinski definition) is 7. The van der Waals surface area contributed by atoms with Crippen LogP contribution in [0.25, 0.3) is 22.2 Å². The first-order valence-corrected chi connectivity index (χ1v) is 16.4. The van der Waals surface area contributed by atoms with Gasteiger partial charge >= 0.3 is 0 Å². The highest BCUT2D eigenvalue weighted by atomic mass is 32.2. The monoisotopic (exact) mass is 624 g/mol. The van der Waals surface area contributed by atoms with Crippen molar-refractivity contribution in [3.05, 3.63) is 81.8 Å². The van der Waals surface area contributed by atoms with Gasteiger partial charge in [0, 0.05) is 35.3 Å². The van der Waals surface area contributed by atoms with E-state index in [4.69, 9.17) is 0 Å². The van der Waals surface area contributed by atoms with Gasteiger partial charge in [-0.25, -0.2) is 22.2 Å². The summed E-state index contributed by atoms with van der Waals surface area (Å²) in [5.74, 6) is -2.30. The SMILES string of the molecule is Cc1ccc(CS(=O)(=O)Nc2c(F)cc(-c3cc4cnc(N[C@H]5CC[C@H](N(C)C)CC5)nc4n(C(C)C)c3=O)cc2F)cc1. The van der Waals surface area contributed by atoms with E-state index in [-0.39, 0.29) is 23.2 Å². The molecule has 1 fully saturated rings. The maximum Gasteiger partial charge on any atom is 0.260 e. The van der Waals surface area contributed by atoms with Crippen molar-refractivity contribution in [3.8, 4) is 11.1 Å². The Morgan fingerprint density at radius 1 is 1.02 bits per heavy atom. The van der Waals surface area contributed by atoms with Crippen molar-refractivity contribution < 1.29 is 17.2 Å². The van der Waals surface area contributed by atoms with E-state index < -0.39 is 38.7 Å². The molecule has 5 rings (SSSR count). The second-order valence-corrected chi connectivity index (χ2v) is 13.8. The predicted molar refractivity (Wildman–Crippen MR) is 170 cm³/mol. The van der Waals surface area contributed by atoms with Gasteiger partial charge in [0.15, 0.2) is 11.6 Å². The van der Waals surface area contributed by atoms with Crippen molar-refractivity contribution in [3.63, 3.8) is 0 Å². The molecule has 0 radical (unpaired) electrons. The van der Waals surface area contributed by atoms with Crippen LogP contribution >= 0.6 is 0 Å². The van der Waals surface area contributed by atoms with Gasteiger partial charge in [-0.2, -0.15) is 4.98 Å². The maximum atomic E-state index is 15.3.